The highest BCUT2D eigenvalue weighted by atomic mass is 16.3. The lowest BCUT2D eigenvalue weighted by Gasteiger charge is -2.28. The van der Waals surface area contributed by atoms with Gasteiger partial charge in [0.1, 0.15) is 0 Å². The molecule has 2 aliphatic rings. The highest BCUT2D eigenvalue weighted by molar-refractivity contribution is 5.95. The number of aliphatic hydroxyl groups is 1. The smallest absolute Gasteiger partial charge is 0.161 e. The van der Waals surface area contributed by atoms with Crippen molar-refractivity contribution in [3.63, 3.8) is 0 Å². The summed E-state index contributed by atoms with van der Waals surface area (Å²) in [6.45, 7) is 0. The van der Waals surface area contributed by atoms with E-state index in [-0.39, 0.29) is 17.8 Å². The molecule has 1 N–H and O–H groups in total. The molecule has 0 aromatic heterocycles. The van der Waals surface area contributed by atoms with Gasteiger partial charge in [0.05, 0.1) is 12.0 Å². The van der Waals surface area contributed by atoms with E-state index in [1.54, 1.807) is 6.08 Å². The first kappa shape index (κ1) is 7.04. The van der Waals surface area contributed by atoms with Gasteiger partial charge in [-0.05, 0) is 24.8 Å². The van der Waals surface area contributed by atoms with Crippen molar-refractivity contribution in [1.82, 2.24) is 0 Å². The maximum Gasteiger partial charge on any atom is 0.161 e. The first-order chi connectivity index (χ1) is 5.29. The van der Waals surface area contributed by atoms with E-state index in [9.17, 15) is 9.90 Å². The second-order valence-electron chi connectivity index (χ2n) is 3.45. The molecule has 0 radical (unpaired) electrons. The van der Waals surface area contributed by atoms with Crippen LogP contribution in [0.5, 0.6) is 0 Å². The molecular formula is C9H12O2. The van der Waals surface area contributed by atoms with E-state index < -0.39 is 0 Å². The van der Waals surface area contributed by atoms with Crippen LogP contribution in [0.3, 0.4) is 0 Å². The van der Waals surface area contributed by atoms with Crippen LogP contribution in [0, 0.1) is 11.8 Å². The lowest BCUT2D eigenvalue weighted by atomic mass is 9.79. The quantitative estimate of drug-likeness (QED) is 0.560. The predicted octanol–water partition coefficient (Wildman–Crippen LogP) is 0.902. The van der Waals surface area contributed by atoms with E-state index in [0.29, 0.717) is 5.92 Å². The molecule has 0 unspecified atom stereocenters. The Bertz CT molecular complexity index is 208. The fraction of sp³-hybridized carbons (Fsp3) is 0.667. The fourth-order valence-electron chi connectivity index (χ4n) is 2.15. The largest absolute Gasteiger partial charge is 0.392 e. The number of ketones is 1. The van der Waals surface area contributed by atoms with Gasteiger partial charge in [0.2, 0.25) is 0 Å². The van der Waals surface area contributed by atoms with E-state index in [1.165, 1.54) is 0 Å². The number of hydrogen-bond donors (Lipinski definition) is 1. The highest BCUT2D eigenvalue weighted by Crippen LogP contribution is 2.35. The molecule has 2 aliphatic carbocycles. The summed E-state index contributed by atoms with van der Waals surface area (Å²) in [6.07, 6.45) is 6.13. The third kappa shape index (κ3) is 1.02. The molecule has 60 valence electrons. The average molecular weight is 152 g/mol. The maximum absolute atomic E-state index is 11.2. The Kier molecular flexibility index (Phi) is 1.57. The molecule has 2 heteroatoms. The Balaban J connectivity index is 2.19. The number of carbonyl (C=O) groups is 1. The Labute approximate surface area is 65.9 Å². The van der Waals surface area contributed by atoms with E-state index in [1.807, 2.05) is 6.08 Å². The van der Waals surface area contributed by atoms with Crippen LogP contribution >= 0.6 is 0 Å². The lowest BCUT2D eigenvalue weighted by molar-refractivity contribution is -0.123. The van der Waals surface area contributed by atoms with Crippen molar-refractivity contribution < 1.29 is 9.90 Å². The van der Waals surface area contributed by atoms with Gasteiger partial charge in [0, 0.05) is 0 Å². The summed E-state index contributed by atoms with van der Waals surface area (Å²) in [5, 5.41) is 9.49. The van der Waals surface area contributed by atoms with Crippen molar-refractivity contribution in [3.05, 3.63) is 12.2 Å². The molecule has 0 aromatic rings. The SMILES string of the molecule is O=C1C=C[C@@H]2CCC[C@H](O)[C@H]12. The first-order valence-electron chi connectivity index (χ1n) is 4.19. The van der Waals surface area contributed by atoms with Gasteiger partial charge in [-0.25, -0.2) is 0 Å². The molecule has 1 saturated carbocycles. The molecule has 0 bridgehead atoms. The van der Waals surface area contributed by atoms with Crippen LogP contribution in [-0.4, -0.2) is 17.0 Å². The van der Waals surface area contributed by atoms with Gasteiger partial charge in [0.15, 0.2) is 5.78 Å². The minimum absolute atomic E-state index is 0.0938. The molecule has 3 atom stereocenters. The molecular weight excluding hydrogens is 140 g/mol. The minimum atomic E-state index is -0.378. The molecule has 0 heterocycles. The first-order valence-corrected chi connectivity index (χ1v) is 4.19. The molecule has 11 heavy (non-hydrogen) atoms. The molecule has 2 rings (SSSR count). The third-order valence-corrected chi connectivity index (χ3v) is 2.75. The zero-order valence-corrected chi connectivity index (χ0v) is 6.36. The van der Waals surface area contributed by atoms with Gasteiger partial charge in [-0.3, -0.25) is 4.79 Å². The summed E-state index contributed by atoms with van der Waals surface area (Å²) in [6, 6.07) is 0. The van der Waals surface area contributed by atoms with E-state index in [2.05, 4.69) is 0 Å². The molecule has 2 nitrogen and oxygen atoms in total. The van der Waals surface area contributed by atoms with Crippen molar-refractivity contribution in [1.29, 1.82) is 0 Å². The molecule has 0 aromatic carbocycles. The van der Waals surface area contributed by atoms with Crippen molar-refractivity contribution in [2.24, 2.45) is 11.8 Å². The van der Waals surface area contributed by atoms with Crippen LogP contribution < -0.4 is 0 Å². The average Bonchev–Trinajstić information content (AvgIpc) is 2.34. The zero-order chi connectivity index (χ0) is 7.84. The van der Waals surface area contributed by atoms with Gasteiger partial charge < -0.3 is 5.11 Å². The number of rotatable bonds is 0. The van der Waals surface area contributed by atoms with Gasteiger partial charge in [-0.2, -0.15) is 0 Å². The van der Waals surface area contributed by atoms with Gasteiger partial charge >= 0.3 is 0 Å². The van der Waals surface area contributed by atoms with Crippen molar-refractivity contribution in [2.75, 3.05) is 0 Å². The Morgan fingerprint density at radius 3 is 3.00 bits per heavy atom. The lowest BCUT2D eigenvalue weighted by Crippen LogP contribution is -2.33. The molecule has 0 saturated heterocycles. The van der Waals surface area contributed by atoms with Gasteiger partial charge in [0.25, 0.3) is 0 Å². The molecule has 0 aliphatic heterocycles. The summed E-state index contributed by atoms with van der Waals surface area (Å²) in [7, 11) is 0. The Hall–Kier alpha value is -0.630. The number of aliphatic hydroxyl groups excluding tert-OH is 1. The Morgan fingerprint density at radius 1 is 1.45 bits per heavy atom. The van der Waals surface area contributed by atoms with Crippen LogP contribution in [0.15, 0.2) is 12.2 Å². The van der Waals surface area contributed by atoms with Crippen LogP contribution in [0.2, 0.25) is 0 Å². The minimum Gasteiger partial charge on any atom is -0.392 e. The van der Waals surface area contributed by atoms with Crippen molar-refractivity contribution >= 4 is 5.78 Å². The summed E-state index contributed by atoms with van der Waals surface area (Å²) >= 11 is 0. The Morgan fingerprint density at radius 2 is 2.27 bits per heavy atom. The number of carbonyl (C=O) groups excluding carboxylic acids is 1. The second kappa shape index (κ2) is 2.45. The van der Waals surface area contributed by atoms with E-state index >= 15 is 0 Å². The number of allylic oxidation sites excluding steroid dienone is 2. The highest BCUT2D eigenvalue weighted by Gasteiger charge is 2.38. The van der Waals surface area contributed by atoms with Crippen molar-refractivity contribution in [2.45, 2.75) is 25.4 Å². The van der Waals surface area contributed by atoms with Crippen molar-refractivity contribution in [3.8, 4) is 0 Å². The van der Waals surface area contributed by atoms with Crippen LogP contribution in [-0.2, 0) is 4.79 Å². The maximum atomic E-state index is 11.2. The summed E-state index contributed by atoms with van der Waals surface area (Å²) in [5.74, 6) is 0.372. The molecule has 1 fully saturated rings. The monoisotopic (exact) mass is 152 g/mol. The van der Waals surface area contributed by atoms with Gasteiger partial charge in [-0.15, -0.1) is 0 Å². The summed E-state index contributed by atoms with van der Waals surface area (Å²) in [5.41, 5.74) is 0. The predicted molar refractivity (Wildman–Crippen MR) is 41.0 cm³/mol. The zero-order valence-electron chi connectivity index (χ0n) is 6.36. The topological polar surface area (TPSA) is 37.3 Å². The fourth-order valence-corrected chi connectivity index (χ4v) is 2.15. The van der Waals surface area contributed by atoms with Crippen LogP contribution in [0.4, 0.5) is 0 Å². The normalized spacial score (nSPS) is 42.6. The number of fused-ring (bicyclic) bond motifs is 1. The summed E-state index contributed by atoms with van der Waals surface area (Å²) in [4.78, 5) is 11.2. The standard InChI is InChI=1S/C9H12O2/c10-7-3-1-2-6-4-5-8(11)9(6)7/h4-7,9-10H,1-3H2/t6-,7-,9+/m0/s1. The van der Waals surface area contributed by atoms with E-state index in [4.69, 9.17) is 0 Å². The second-order valence-corrected chi connectivity index (χ2v) is 3.45. The van der Waals surface area contributed by atoms with Gasteiger partial charge in [-0.1, -0.05) is 12.5 Å². The molecule has 0 amide bonds. The third-order valence-electron chi connectivity index (χ3n) is 2.75. The number of hydrogen-bond acceptors (Lipinski definition) is 2. The summed E-state index contributed by atoms with van der Waals surface area (Å²) < 4.78 is 0. The van der Waals surface area contributed by atoms with Crippen LogP contribution in [0.1, 0.15) is 19.3 Å². The molecule has 0 spiro atoms. The van der Waals surface area contributed by atoms with E-state index in [0.717, 1.165) is 19.3 Å². The van der Waals surface area contributed by atoms with Crippen LogP contribution in [0.25, 0.3) is 0 Å².